The van der Waals surface area contributed by atoms with E-state index >= 15 is 0 Å². The number of carbonyl (C=O) groups is 1. The van der Waals surface area contributed by atoms with E-state index in [9.17, 15) is 9.18 Å². The van der Waals surface area contributed by atoms with Crippen molar-refractivity contribution in [3.8, 4) is 0 Å². The Morgan fingerprint density at radius 1 is 1.53 bits per heavy atom. The van der Waals surface area contributed by atoms with Crippen LogP contribution in [0.2, 0.25) is 0 Å². The van der Waals surface area contributed by atoms with E-state index in [0.717, 1.165) is 24.0 Å². The Balaban J connectivity index is 1.81. The van der Waals surface area contributed by atoms with E-state index < -0.39 is 5.82 Å². The molecule has 19 heavy (non-hydrogen) atoms. The summed E-state index contributed by atoms with van der Waals surface area (Å²) in [6.45, 7) is 2.06. The molecule has 2 rings (SSSR count). The first-order valence-corrected chi connectivity index (χ1v) is 7.40. The zero-order valence-corrected chi connectivity index (χ0v) is 12.3. The van der Waals surface area contributed by atoms with Gasteiger partial charge in [-0.25, -0.2) is 4.39 Å². The molecule has 3 nitrogen and oxygen atoms in total. The summed E-state index contributed by atoms with van der Waals surface area (Å²) in [4.78, 5) is 11.8. The average molecular weight is 329 g/mol. The van der Waals surface area contributed by atoms with Gasteiger partial charge < -0.3 is 10.6 Å². The van der Waals surface area contributed by atoms with E-state index in [1.54, 1.807) is 12.1 Å². The van der Waals surface area contributed by atoms with Crippen molar-refractivity contribution < 1.29 is 9.18 Å². The van der Waals surface area contributed by atoms with Crippen LogP contribution in [0.3, 0.4) is 0 Å². The molecule has 1 aromatic carbocycles. The van der Waals surface area contributed by atoms with Crippen molar-refractivity contribution in [2.45, 2.75) is 25.7 Å². The van der Waals surface area contributed by atoms with Gasteiger partial charge >= 0.3 is 0 Å². The van der Waals surface area contributed by atoms with Crippen LogP contribution >= 0.6 is 15.9 Å². The van der Waals surface area contributed by atoms with Crippen LogP contribution in [0.4, 0.5) is 10.1 Å². The highest BCUT2D eigenvalue weighted by molar-refractivity contribution is 9.10. The normalized spacial score (nSPS) is 19.2. The number of rotatable bonds is 4. The predicted molar refractivity (Wildman–Crippen MR) is 77.6 cm³/mol. The molecule has 5 heteroatoms. The zero-order chi connectivity index (χ0) is 13.7. The summed E-state index contributed by atoms with van der Waals surface area (Å²) in [7, 11) is 0. The lowest BCUT2D eigenvalue weighted by Crippen LogP contribution is -2.30. The lowest BCUT2D eigenvalue weighted by Gasteiger charge is -2.22. The summed E-state index contributed by atoms with van der Waals surface area (Å²) in [5.41, 5.74) is 0.237. The number of hydrogen-bond acceptors (Lipinski definition) is 2. The number of benzene rings is 1. The van der Waals surface area contributed by atoms with Gasteiger partial charge in [0.05, 0.1) is 5.69 Å². The Hall–Kier alpha value is -0.940. The maximum Gasteiger partial charge on any atom is 0.224 e. The minimum atomic E-state index is -0.407. The van der Waals surface area contributed by atoms with Gasteiger partial charge in [0.15, 0.2) is 0 Å². The van der Waals surface area contributed by atoms with Gasteiger partial charge in [-0.3, -0.25) is 4.79 Å². The third kappa shape index (κ3) is 4.58. The summed E-state index contributed by atoms with van der Waals surface area (Å²) in [5.74, 6) is 0.0327. The molecule has 1 aliphatic rings. The largest absolute Gasteiger partial charge is 0.324 e. The van der Waals surface area contributed by atoms with Crippen LogP contribution in [0.15, 0.2) is 22.7 Å². The van der Waals surface area contributed by atoms with Crippen LogP contribution in [0, 0.1) is 11.7 Å². The summed E-state index contributed by atoms with van der Waals surface area (Å²) in [6, 6.07) is 4.53. The summed E-state index contributed by atoms with van der Waals surface area (Å²) in [5, 5.41) is 5.95. The van der Waals surface area contributed by atoms with E-state index in [0.29, 0.717) is 12.3 Å². The summed E-state index contributed by atoms with van der Waals surface area (Å²) in [6.07, 6.45) is 3.64. The van der Waals surface area contributed by atoms with E-state index in [4.69, 9.17) is 0 Å². The average Bonchev–Trinajstić information content (AvgIpc) is 2.42. The molecule has 1 fully saturated rings. The number of hydrogen-bond donors (Lipinski definition) is 2. The van der Waals surface area contributed by atoms with Crippen molar-refractivity contribution in [3.05, 3.63) is 28.5 Å². The van der Waals surface area contributed by atoms with Gasteiger partial charge in [-0.05, 0) is 56.5 Å². The fraction of sp³-hybridized carbons (Fsp3) is 0.500. The van der Waals surface area contributed by atoms with Crippen molar-refractivity contribution >= 4 is 27.5 Å². The molecule has 0 aliphatic carbocycles. The van der Waals surface area contributed by atoms with Crippen molar-refractivity contribution in [2.75, 3.05) is 18.4 Å². The minimum absolute atomic E-state index is 0.123. The number of nitrogens with one attached hydrogen (secondary N) is 2. The van der Waals surface area contributed by atoms with E-state index in [-0.39, 0.29) is 11.6 Å². The second kappa shape index (κ2) is 7.01. The fourth-order valence-electron chi connectivity index (χ4n) is 2.31. The predicted octanol–water partition coefficient (Wildman–Crippen LogP) is 3.31. The Labute approximate surface area is 121 Å². The molecule has 0 aromatic heterocycles. The van der Waals surface area contributed by atoms with E-state index in [1.807, 2.05) is 0 Å². The van der Waals surface area contributed by atoms with Crippen LogP contribution in [0.5, 0.6) is 0 Å². The molecule has 1 amide bonds. The Morgan fingerprint density at radius 2 is 2.37 bits per heavy atom. The van der Waals surface area contributed by atoms with Crippen molar-refractivity contribution in [1.82, 2.24) is 5.32 Å². The van der Waals surface area contributed by atoms with Gasteiger partial charge in [-0.15, -0.1) is 0 Å². The van der Waals surface area contributed by atoms with Crippen molar-refractivity contribution in [1.29, 1.82) is 0 Å². The van der Waals surface area contributed by atoms with Gasteiger partial charge in [0, 0.05) is 10.9 Å². The number of piperidine rings is 1. The highest BCUT2D eigenvalue weighted by Crippen LogP contribution is 2.21. The molecular formula is C14H18BrFN2O. The first kappa shape index (κ1) is 14.5. The van der Waals surface area contributed by atoms with Gasteiger partial charge in [-0.2, -0.15) is 0 Å². The molecule has 1 atom stereocenters. The molecule has 1 saturated heterocycles. The molecule has 0 spiro atoms. The molecule has 2 N–H and O–H groups in total. The standard InChI is InChI=1S/C14H18BrFN2O/c15-11-4-5-12(16)13(8-11)18-14(19)6-3-10-2-1-7-17-9-10/h4-5,8,10,17H,1-3,6-7,9H2,(H,18,19). The van der Waals surface area contributed by atoms with E-state index in [1.165, 1.54) is 18.9 Å². The molecule has 1 aliphatic heterocycles. The smallest absolute Gasteiger partial charge is 0.224 e. The van der Waals surface area contributed by atoms with Gasteiger partial charge in [0.2, 0.25) is 5.91 Å². The highest BCUT2D eigenvalue weighted by Gasteiger charge is 2.15. The zero-order valence-electron chi connectivity index (χ0n) is 10.7. The lowest BCUT2D eigenvalue weighted by molar-refractivity contribution is -0.116. The number of anilines is 1. The number of halogens is 2. The van der Waals surface area contributed by atoms with Crippen LogP contribution in [-0.4, -0.2) is 19.0 Å². The molecule has 1 unspecified atom stereocenters. The monoisotopic (exact) mass is 328 g/mol. The third-order valence-electron chi connectivity index (χ3n) is 3.38. The number of amides is 1. The van der Waals surface area contributed by atoms with Crippen LogP contribution in [0.25, 0.3) is 0 Å². The quantitative estimate of drug-likeness (QED) is 0.890. The summed E-state index contributed by atoms with van der Waals surface area (Å²) < 4.78 is 14.2. The second-order valence-electron chi connectivity index (χ2n) is 4.92. The van der Waals surface area contributed by atoms with Gasteiger partial charge in [0.25, 0.3) is 0 Å². The topological polar surface area (TPSA) is 41.1 Å². The van der Waals surface area contributed by atoms with Crippen molar-refractivity contribution in [3.63, 3.8) is 0 Å². The van der Waals surface area contributed by atoms with Crippen LogP contribution < -0.4 is 10.6 Å². The molecule has 1 heterocycles. The van der Waals surface area contributed by atoms with Crippen molar-refractivity contribution in [2.24, 2.45) is 5.92 Å². The molecule has 0 saturated carbocycles. The number of carbonyl (C=O) groups excluding carboxylic acids is 1. The van der Waals surface area contributed by atoms with Crippen LogP contribution in [-0.2, 0) is 4.79 Å². The summed E-state index contributed by atoms with van der Waals surface area (Å²) >= 11 is 3.26. The molecule has 104 valence electrons. The Morgan fingerprint density at radius 3 is 3.11 bits per heavy atom. The van der Waals surface area contributed by atoms with Gasteiger partial charge in [-0.1, -0.05) is 15.9 Å². The molecular weight excluding hydrogens is 311 g/mol. The SMILES string of the molecule is O=C(CCC1CCCNC1)Nc1cc(Br)ccc1F. The maximum absolute atomic E-state index is 13.5. The minimum Gasteiger partial charge on any atom is -0.324 e. The first-order chi connectivity index (χ1) is 9.15. The lowest BCUT2D eigenvalue weighted by atomic mass is 9.94. The Bertz CT molecular complexity index is 447. The second-order valence-corrected chi connectivity index (χ2v) is 5.84. The first-order valence-electron chi connectivity index (χ1n) is 6.61. The highest BCUT2D eigenvalue weighted by atomic mass is 79.9. The third-order valence-corrected chi connectivity index (χ3v) is 3.87. The van der Waals surface area contributed by atoms with Gasteiger partial charge in [0.1, 0.15) is 5.82 Å². The molecule has 1 aromatic rings. The molecule has 0 bridgehead atoms. The molecule has 0 radical (unpaired) electrons. The fourth-order valence-corrected chi connectivity index (χ4v) is 2.67. The Kier molecular flexibility index (Phi) is 5.34. The van der Waals surface area contributed by atoms with E-state index in [2.05, 4.69) is 26.6 Å². The van der Waals surface area contributed by atoms with Crippen LogP contribution in [0.1, 0.15) is 25.7 Å². The maximum atomic E-state index is 13.5.